The SMILES string of the molecule is CC[C@H]1COC(=O)N1c1nc(C)nc(N[C@@H](C)c2ccc(Oc3ccccc3)c(-c3ccccc3)c2F)n1. The van der Waals surface area contributed by atoms with Gasteiger partial charge in [0.05, 0.1) is 17.6 Å². The number of carbonyl (C=O) groups excluding carboxylic acids is 1. The van der Waals surface area contributed by atoms with Crippen LogP contribution in [0.2, 0.25) is 0 Å². The number of halogens is 1. The van der Waals surface area contributed by atoms with E-state index in [4.69, 9.17) is 9.47 Å². The van der Waals surface area contributed by atoms with Crippen molar-refractivity contribution in [1.82, 2.24) is 15.0 Å². The highest BCUT2D eigenvalue weighted by Gasteiger charge is 2.35. The number of amides is 1. The summed E-state index contributed by atoms with van der Waals surface area (Å²) in [5.41, 5.74) is 1.47. The number of ether oxygens (including phenoxy) is 2. The summed E-state index contributed by atoms with van der Waals surface area (Å²) in [6.45, 7) is 5.78. The molecule has 5 rings (SSSR count). The van der Waals surface area contributed by atoms with Crippen LogP contribution in [0.4, 0.5) is 21.1 Å². The molecule has 0 spiro atoms. The fourth-order valence-electron chi connectivity index (χ4n) is 4.40. The molecule has 1 saturated heterocycles. The number of para-hydroxylation sites is 1. The van der Waals surface area contributed by atoms with E-state index in [-0.39, 0.29) is 24.5 Å². The molecule has 0 radical (unpaired) electrons. The first-order chi connectivity index (χ1) is 18.4. The number of nitrogens with one attached hydrogen (secondary N) is 1. The number of hydrogen-bond donors (Lipinski definition) is 1. The Morgan fingerprint density at radius 1 is 1.05 bits per heavy atom. The molecule has 4 aromatic rings. The number of nitrogens with zero attached hydrogens (tertiary/aromatic N) is 4. The lowest BCUT2D eigenvalue weighted by atomic mass is 9.97. The van der Waals surface area contributed by atoms with Crippen LogP contribution >= 0.6 is 0 Å². The van der Waals surface area contributed by atoms with Crippen molar-refractivity contribution in [3.05, 3.63) is 90.0 Å². The third kappa shape index (κ3) is 5.13. The van der Waals surface area contributed by atoms with Gasteiger partial charge in [-0.1, -0.05) is 61.5 Å². The minimum Gasteiger partial charge on any atom is -0.457 e. The fourth-order valence-corrected chi connectivity index (χ4v) is 4.40. The minimum absolute atomic E-state index is 0.155. The van der Waals surface area contributed by atoms with Gasteiger partial charge in [-0.15, -0.1) is 0 Å². The van der Waals surface area contributed by atoms with Gasteiger partial charge in [-0.25, -0.2) is 14.1 Å². The second-order valence-corrected chi connectivity index (χ2v) is 9.00. The number of benzene rings is 3. The van der Waals surface area contributed by atoms with E-state index in [0.29, 0.717) is 40.4 Å². The number of aryl methyl sites for hydroxylation is 1. The number of carbonyl (C=O) groups is 1. The summed E-state index contributed by atoms with van der Waals surface area (Å²) < 4.78 is 27.4. The molecule has 1 amide bonds. The monoisotopic (exact) mass is 513 g/mol. The number of aromatic nitrogens is 3. The van der Waals surface area contributed by atoms with Gasteiger partial charge in [0.2, 0.25) is 11.9 Å². The van der Waals surface area contributed by atoms with Gasteiger partial charge < -0.3 is 14.8 Å². The minimum atomic E-state index is -0.509. The van der Waals surface area contributed by atoms with Gasteiger partial charge in [-0.3, -0.25) is 0 Å². The van der Waals surface area contributed by atoms with Crippen LogP contribution in [0.1, 0.15) is 37.7 Å². The van der Waals surface area contributed by atoms with Crippen LogP contribution in [0.25, 0.3) is 11.1 Å². The highest BCUT2D eigenvalue weighted by atomic mass is 19.1. The zero-order chi connectivity index (χ0) is 26.6. The Morgan fingerprint density at radius 3 is 2.47 bits per heavy atom. The zero-order valence-electron chi connectivity index (χ0n) is 21.4. The molecular weight excluding hydrogens is 485 g/mol. The van der Waals surface area contributed by atoms with Crippen LogP contribution in [-0.2, 0) is 4.74 Å². The van der Waals surface area contributed by atoms with E-state index in [2.05, 4.69) is 20.3 Å². The van der Waals surface area contributed by atoms with Gasteiger partial charge in [0.25, 0.3) is 0 Å². The van der Waals surface area contributed by atoms with E-state index in [9.17, 15) is 4.79 Å². The summed E-state index contributed by atoms with van der Waals surface area (Å²) in [7, 11) is 0. The Bertz CT molecular complexity index is 1440. The molecule has 3 aromatic carbocycles. The van der Waals surface area contributed by atoms with E-state index in [1.54, 1.807) is 19.1 Å². The summed E-state index contributed by atoms with van der Waals surface area (Å²) in [6.07, 6.45) is 0.203. The van der Waals surface area contributed by atoms with Crippen LogP contribution in [0.3, 0.4) is 0 Å². The van der Waals surface area contributed by atoms with Gasteiger partial charge in [0.1, 0.15) is 29.7 Å². The standard InChI is InChI=1S/C29H28FN5O3/c1-4-21-17-37-29(36)35(21)28-33-19(3)32-27(34-28)31-18(2)23-15-16-24(38-22-13-9-6-10-14-22)25(26(23)30)20-11-7-5-8-12-20/h5-16,18,21H,4,17H2,1-3H3,(H,31,32,33,34)/t18-,21-/m0/s1. The Labute approximate surface area is 220 Å². The van der Waals surface area contributed by atoms with Crippen LogP contribution < -0.4 is 15.0 Å². The molecule has 1 N–H and O–H groups in total. The van der Waals surface area contributed by atoms with E-state index >= 15 is 4.39 Å². The molecule has 8 nitrogen and oxygen atoms in total. The largest absolute Gasteiger partial charge is 0.457 e. The maximum atomic E-state index is 16.2. The Hall–Kier alpha value is -4.53. The zero-order valence-corrected chi connectivity index (χ0v) is 21.4. The van der Waals surface area contributed by atoms with Gasteiger partial charge in [0.15, 0.2) is 0 Å². The van der Waals surface area contributed by atoms with E-state index < -0.39 is 18.0 Å². The Morgan fingerprint density at radius 2 is 1.76 bits per heavy atom. The quantitative estimate of drug-likeness (QED) is 0.281. The molecule has 1 fully saturated rings. The first kappa shape index (κ1) is 25.1. The average molecular weight is 514 g/mol. The molecule has 1 aliphatic rings. The van der Waals surface area contributed by atoms with Crippen LogP contribution in [0.15, 0.2) is 72.8 Å². The first-order valence-corrected chi connectivity index (χ1v) is 12.5. The molecule has 38 heavy (non-hydrogen) atoms. The summed E-state index contributed by atoms with van der Waals surface area (Å²) in [5, 5.41) is 3.18. The van der Waals surface area contributed by atoms with E-state index in [0.717, 1.165) is 0 Å². The number of hydrogen-bond acceptors (Lipinski definition) is 7. The van der Waals surface area contributed by atoms with Crippen molar-refractivity contribution in [2.45, 2.75) is 39.3 Å². The van der Waals surface area contributed by atoms with Crippen molar-refractivity contribution in [1.29, 1.82) is 0 Å². The predicted molar refractivity (Wildman–Crippen MR) is 143 cm³/mol. The van der Waals surface area contributed by atoms with Crippen molar-refractivity contribution in [2.75, 3.05) is 16.8 Å². The van der Waals surface area contributed by atoms with E-state index in [1.807, 2.05) is 74.5 Å². The third-order valence-electron chi connectivity index (χ3n) is 6.36. The lowest BCUT2D eigenvalue weighted by Gasteiger charge is -2.21. The number of rotatable bonds is 8. The Balaban J connectivity index is 1.48. The molecular formula is C29H28FN5O3. The van der Waals surface area contributed by atoms with Crippen molar-refractivity contribution < 1.29 is 18.7 Å². The molecule has 1 aromatic heterocycles. The molecule has 2 heterocycles. The highest BCUT2D eigenvalue weighted by Crippen LogP contribution is 2.39. The highest BCUT2D eigenvalue weighted by molar-refractivity contribution is 5.88. The molecule has 0 aliphatic carbocycles. The predicted octanol–water partition coefficient (Wildman–Crippen LogP) is 6.69. The molecule has 0 unspecified atom stereocenters. The summed E-state index contributed by atoms with van der Waals surface area (Å²) in [6, 6.07) is 21.4. The van der Waals surface area contributed by atoms with Crippen molar-refractivity contribution >= 4 is 18.0 Å². The Kier molecular flexibility index (Phi) is 7.17. The lowest BCUT2D eigenvalue weighted by molar-refractivity contribution is 0.178. The van der Waals surface area contributed by atoms with Crippen LogP contribution in [-0.4, -0.2) is 33.7 Å². The summed E-state index contributed by atoms with van der Waals surface area (Å²) in [5.74, 6) is 1.48. The fraction of sp³-hybridized carbons (Fsp3) is 0.241. The summed E-state index contributed by atoms with van der Waals surface area (Å²) in [4.78, 5) is 26.9. The van der Waals surface area contributed by atoms with Gasteiger partial charge >= 0.3 is 6.09 Å². The molecule has 1 aliphatic heterocycles. The van der Waals surface area contributed by atoms with Crippen molar-refractivity contribution in [3.8, 4) is 22.6 Å². The maximum Gasteiger partial charge on any atom is 0.417 e. The van der Waals surface area contributed by atoms with Crippen molar-refractivity contribution in [2.24, 2.45) is 0 Å². The molecule has 9 heteroatoms. The summed E-state index contributed by atoms with van der Waals surface area (Å²) >= 11 is 0. The molecule has 194 valence electrons. The molecule has 0 bridgehead atoms. The third-order valence-corrected chi connectivity index (χ3v) is 6.36. The molecule has 2 atom stereocenters. The smallest absolute Gasteiger partial charge is 0.417 e. The van der Waals surface area contributed by atoms with Crippen molar-refractivity contribution in [3.63, 3.8) is 0 Å². The van der Waals surface area contributed by atoms with Gasteiger partial charge in [-0.05, 0) is 44.0 Å². The van der Waals surface area contributed by atoms with E-state index in [1.165, 1.54) is 4.90 Å². The second kappa shape index (κ2) is 10.8. The van der Waals surface area contributed by atoms with Crippen LogP contribution in [0.5, 0.6) is 11.5 Å². The van der Waals surface area contributed by atoms with Gasteiger partial charge in [-0.2, -0.15) is 15.0 Å². The molecule has 0 saturated carbocycles. The topological polar surface area (TPSA) is 89.5 Å². The second-order valence-electron chi connectivity index (χ2n) is 9.00. The average Bonchev–Trinajstić information content (AvgIpc) is 3.30. The lowest BCUT2D eigenvalue weighted by Crippen LogP contribution is -2.34. The maximum absolute atomic E-state index is 16.2. The van der Waals surface area contributed by atoms with Gasteiger partial charge in [0, 0.05) is 5.56 Å². The first-order valence-electron chi connectivity index (χ1n) is 12.5. The normalized spacial score (nSPS) is 15.7. The number of anilines is 2. The van der Waals surface area contributed by atoms with Crippen LogP contribution in [0, 0.1) is 12.7 Å². The number of cyclic esters (lactones) is 1.